The number of hydrogen-bond donors (Lipinski definition) is 2. The molecule has 0 bridgehead atoms. The first-order valence-corrected chi connectivity index (χ1v) is 10.6. The maximum Gasteiger partial charge on any atom is 0.253 e. The number of nitrogens with zero attached hydrogens (tertiary/aromatic N) is 1. The first kappa shape index (κ1) is 19.6. The lowest BCUT2D eigenvalue weighted by molar-refractivity contribution is 0.357. The second kappa shape index (κ2) is 7.94. The fourth-order valence-electron chi connectivity index (χ4n) is 4.51. The Morgan fingerprint density at radius 1 is 1.00 bits per heavy atom. The Kier molecular flexibility index (Phi) is 5.35. The zero-order valence-electron chi connectivity index (χ0n) is 17.9. The molecule has 2 heterocycles. The van der Waals surface area contributed by atoms with E-state index in [1.165, 1.54) is 23.2 Å². The average Bonchev–Trinajstić information content (AvgIpc) is 2.67. The maximum atomic E-state index is 12.5. The van der Waals surface area contributed by atoms with E-state index in [9.17, 15) is 4.79 Å². The number of aromatic nitrogens is 1. The van der Waals surface area contributed by atoms with E-state index in [-0.39, 0.29) is 5.56 Å². The Hall–Kier alpha value is -2.75. The number of rotatable bonds is 4. The van der Waals surface area contributed by atoms with E-state index >= 15 is 0 Å². The maximum absolute atomic E-state index is 12.5. The van der Waals surface area contributed by atoms with Crippen molar-refractivity contribution in [3.05, 3.63) is 69.5 Å². The number of pyridine rings is 1. The molecule has 0 spiro atoms. The summed E-state index contributed by atoms with van der Waals surface area (Å²) in [5.74, 6) is 1.48. The van der Waals surface area contributed by atoms with E-state index in [0.29, 0.717) is 6.54 Å². The van der Waals surface area contributed by atoms with Gasteiger partial charge in [0.15, 0.2) is 0 Å². The lowest BCUT2D eigenvalue weighted by atomic mass is 9.91. The number of fused-ring (bicyclic) bond motifs is 1. The third-order valence-electron chi connectivity index (χ3n) is 6.12. The molecule has 2 unspecified atom stereocenters. The summed E-state index contributed by atoms with van der Waals surface area (Å²) < 4.78 is 0. The molecule has 1 aliphatic rings. The van der Waals surface area contributed by atoms with Gasteiger partial charge < -0.3 is 15.2 Å². The van der Waals surface area contributed by atoms with E-state index in [1.807, 2.05) is 12.1 Å². The van der Waals surface area contributed by atoms with Gasteiger partial charge in [0.1, 0.15) is 0 Å². The molecule has 1 aliphatic heterocycles. The molecule has 0 aliphatic carbocycles. The minimum atomic E-state index is -0.0267. The molecule has 0 saturated carbocycles. The molecule has 0 radical (unpaired) electrons. The lowest BCUT2D eigenvalue weighted by Crippen LogP contribution is -2.38. The van der Waals surface area contributed by atoms with Gasteiger partial charge in [-0.15, -0.1) is 0 Å². The van der Waals surface area contributed by atoms with Crippen LogP contribution in [0.3, 0.4) is 0 Å². The van der Waals surface area contributed by atoms with Crippen LogP contribution in [0, 0.1) is 25.7 Å². The van der Waals surface area contributed by atoms with Crippen LogP contribution in [0.25, 0.3) is 10.9 Å². The molecule has 152 valence electrons. The molecule has 3 aromatic rings. The standard InChI is InChI=1S/C25H31N3O/c1-16-9-17(2)15-28(14-16)23-7-5-22(6-8-23)26-13-21-12-20-10-18(3)19(4)11-24(20)27-25(21)29/h5-8,10-12,16-17,26H,9,13-15H2,1-4H3,(H,27,29). The second-order valence-electron chi connectivity index (χ2n) is 8.90. The molecule has 4 rings (SSSR count). The molecular weight excluding hydrogens is 358 g/mol. The predicted molar refractivity (Wildman–Crippen MR) is 123 cm³/mol. The zero-order valence-corrected chi connectivity index (χ0v) is 17.9. The van der Waals surface area contributed by atoms with E-state index < -0.39 is 0 Å². The van der Waals surface area contributed by atoms with Crippen molar-refractivity contribution >= 4 is 22.3 Å². The fourth-order valence-corrected chi connectivity index (χ4v) is 4.51. The number of aryl methyl sites for hydroxylation is 2. The molecule has 4 heteroatoms. The van der Waals surface area contributed by atoms with Crippen molar-refractivity contribution in [2.75, 3.05) is 23.3 Å². The van der Waals surface area contributed by atoms with Crippen LogP contribution in [-0.4, -0.2) is 18.1 Å². The van der Waals surface area contributed by atoms with E-state index in [1.54, 1.807) is 0 Å². The van der Waals surface area contributed by atoms with Crippen LogP contribution in [0.5, 0.6) is 0 Å². The fraction of sp³-hybridized carbons (Fsp3) is 0.400. The average molecular weight is 390 g/mol. The summed E-state index contributed by atoms with van der Waals surface area (Å²) in [5, 5.41) is 4.48. The molecule has 4 nitrogen and oxygen atoms in total. The normalized spacial score (nSPS) is 19.5. The Balaban J connectivity index is 1.47. The Morgan fingerprint density at radius 3 is 2.34 bits per heavy atom. The van der Waals surface area contributed by atoms with Gasteiger partial charge in [-0.05, 0) is 91.1 Å². The van der Waals surface area contributed by atoms with Crippen molar-refractivity contribution in [3.8, 4) is 0 Å². The quantitative estimate of drug-likeness (QED) is 0.641. The van der Waals surface area contributed by atoms with Crippen LogP contribution in [0.2, 0.25) is 0 Å². The number of piperidine rings is 1. The Morgan fingerprint density at radius 2 is 1.66 bits per heavy atom. The SMILES string of the molecule is Cc1cc2cc(CNc3ccc(N4CC(C)CC(C)C4)cc3)c(=O)[nH]c2cc1C. The molecule has 29 heavy (non-hydrogen) atoms. The van der Waals surface area contributed by atoms with Crippen molar-refractivity contribution in [2.45, 2.75) is 40.7 Å². The van der Waals surface area contributed by atoms with Crippen LogP contribution in [0.1, 0.15) is 37.0 Å². The van der Waals surface area contributed by atoms with Gasteiger partial charge in [0, 0.05) is 42.1 Å². The van der Waals surface area contributed by atoms with Gasteiger partial charge in [-0.1, -0.05) is 13.8 Å². The summed E-state index contributed by atoms with van der Waals surface area (Å²) in [4.78, 5) is 18.0. The largest absolute Gasteiger partial charge is 0.381 e. The van der Waals surface area contributed by atoms with Crippen molar-refractivity contribution in [1.29, 1.82) is 0 Å². The first-order chi connectivity index (χ1) is 13.9. The van der Waals surface area contributed by atoms with Crippen molar-refractivity contribution < 1.29 is 0 Å². The molecule has 2 N–H and O–H groups in total. The van der Waals surface area contributed by atoms with Gasteiger partial charge in [0.2, 0.25) is 0 Å². The van der Waals surface area contributed by atoms with Crippen LogP contribution in [-0.2, 0) is 6.54 Å². The summed E-state index contributed by atoms with van der Waals surface area (Å²) in [6.45, 7) is 11.6. The molecule has 1 saturated heterocycles. The molecule has 2 atom stereocenters. The molecular formula is C25H31N3O. The summed E-state index contributed by atoms with van der Waals surface area (Å²) in [6, 6.07) is 14.8. The lowest BCUT2D eigenvalue weighted by Gasteiger charge is -2.36. The summed E-state index contributed by atoms with van der Waals surface area (Å²) in [7, 11) is 0. The Labute approximate surface area is 173 Å². The van der Waals surface area contributed by atoms with Crippen molar-refractivity contribution in [1.82, 2.24) is 4.98 Å². The van der Waals surface area contributed by atoms with Crippen LogP contribution >= 0.6 is 0 Å². The molecule has 1 fully saturated rings. The second-order valence-corrected chi connectivity index (χ2v) is 8.90. The van der Waals surface area contributed by atoms with Crippen LogP contribution in [0.4, 0.5) is 11.4 Å². The highest BCUT2D eigenvalue weighted by atomic mass is 16.1. The van der Waals surface area contributed by atoms with E-state index in [2.05, 4.69) is 73.2 Å². The molecule has 0 amide bonds. The van der Waals surface area contributed by atoms with Gasteiger partial charge in [-0.3, -0.25) is 4.79 Å². The summed E-state index contributed by atoms with van der Waals surface area (Å²) in [5.41, 5.74) is 6.37. The highest BCUT2D eigenvalue weighted by Gasteiger charge is 2.21. The highest BCUT2D eigenvalue weighted by Crippen LogP contribution is 2.27. The number of H-pyrrole nitrogens is 1. The van der Waals surface area contributed by atoms with Crippen molar-refractivity contribution in [3.63, 3.8) is 0 Å². The number of nitrogens with one attached hydrogen (secondary N) is 2. The van der Waals surface area contributed by atoms with Gasteiger partial charge >= 0.3 is 0 Å². The smallest absolute Gasteiger partial charge is 0.253 e. The monoisotopic (exact) mass is 389 g/mol. The third kappa shape index (κ3) is 4.31. The van der Waals surface area contributed by atoms with E-state index in [0.717, 1.165) is 47.1 Å². The minimum absolute atomic E-state index is 0.0267. The number of anilines is 2. The summed E-state index contributed by atoms with van der Waals surface area (Å²) in [6.07, 6.45) is 1.32. The van der Waals surface area contributed by atoms with Gasteiger partial charge in [-0.25, -0.2) is 0 Å². The van der Waals surface area contributed by atoms with Gasteiger partial charge in [0.25, 0.3) is 5.56 Å². The predicted octanol–water partition coefficient (Wildman–Crippen LogP) is 5.24. The van der Waals surface area contributed by atoms with Gasteiger partial charge in [0.05, 0.1) is 0 Å². The minimum Gasteiger partial charge on any atom is -0.381 e. The third-order valence-corrected chi connectivity index (χ3v) is 6.12. The van der Waals surface area contributed by atoms with Crippen LogP contribution in [0.15, 0.2) is 47.3 Å². The van der Waals surface area contributed by atoms with Crippen molar-refractivity contribution in [2.24, 2.45) is 11.8 Å². The molecule has 1 aromatic heterocycles. The first-order valence-electron chi connectivity index (χ1n) is 10.6. The number of hydrogen-bond acceptors (Lipinski definition) is 3. The topological polar surface area (TPSA) is 48.1 Å². The highest BCUT2D eigenvalue weighted by molar-refractivity contribution is 5.80. The zero-order chi connectivity index (χ0) is 20.5. The van der Waals surface area contributed by atoms with E-state index in [4.69, 9.17) is 0 Å². The number of benzene rings is 2. The van der Waals surface area contributed by atoms with Gasteiger partial charge in [-0.2, -0.15) is 0 Å². The molecule has 2 aromatic carbocycles. The summed E-state index contributed by atoms with van der Waals surface area (Å²) >= 11 is 0. The Bertz CT molecular complexity index is 1060. The van der Waals surface area contributed by atoms with Crippen LogP contribution < -0.4 is 15.8 Å². The number of aromatic amines is 1.